The summed E-state index contributed by atoms with van der Waals surface area (Å²) in [5, 5.41) is 0. The molecule has 0 N–H and O–H groups in total. The van der Waals surface area contributed by atoms with Gasteiger partial charge in [-0.15, -0.1) is 0 Å². The summed E-state index contributed by atoms with van der Waals surface area (Å²) in [4.78, 5) is 33.0. The largest absolute Gasteiger partial charge is 0.494 e. The predicted molar refractivity (Wildman–Crippen MR) is 128 cm³/mol. The molecule has 0 unspecified atom stereocenters. The normalized spacial score (nSPS) is 14.6. The third-order valence-electron chi connectivity index (χ3n) is 6.24. The number of ketones is 1. The molecule has 3 aromatic rings. The van der Waals surface area contributed by atoms with Gasteiger partial charge < -0.3 is 14.0 Å². The Morgan fingerprint density at radius 2 is 1.76 bits per heavy atom. The number of imidazole rings is 1. The summed E-state index contributed by atoms with van der Waals surface area (Å²) in [6.07, 6.45) is 3.25. The first-order valence-corrected chi connectivity index (χ1v) is 11.6. The zero-order chi connectivity index (χ0) is 23.4. The van der Waals surface area contributed by atoms with Crippen LogP contribution >= 0.6 is 0 Å². The molecule has 1 fully saturated rings. The van der Waals surface area contributed by atoms with E-state index in [1.165, 1.54) is 11.3 Å². The minimum Gasteiger partial charge on any atom is -0.494 e. The van der Waals surface area contributed by atoms with Crippen LogP contribution in [0.5, 0.6) is 5.75 Å². The van der Waals surface area contributed by atoms with Gasteiger partial charge in [-0.05, 0) is 69.2 Å². The van der Waals surface area contributed by atoms with E-state index in [1.807, 2.05) is 4.90 Å². The van der Waals surface area contributed by atoms with Gasteiger partial charge in [0.15, 0.2) is 5.78 Å². The highest BCUT2D eigenvalue weighted by atomic mass is 16.5. The first-order chi connectivity index (χ1) is 15.9. The monoisotopic (exact) mass is 448 g/mol. The Bertz CT molecular complexity index is 1130. The Kier molecular flexibility index (Phi) is 7.08. The highest BCUT2D eigenvalue weighted by Crippen LogP contribution is 2.17. The van der Waals surface area contributed by atoms with Gasteiger partial charge in [0.25, 0.3) is 0 Å². The quantitative estimate of drug-likeness (QED) is 0.389. The van der Waals surface area contributed by atoms with Crippen molar-refractivity contribution in [3.63, 3.8) is 0 Å². The fourth-order valence-electron chi connectivity index (χ4n) is 4.23. The number of amides is 1. The van der Waals surface area contributed by atoms with Crippen molar-refractivity contribution in [2.45, 2.75) is 40.2 Å². The minimum atomic E-state index is 0.0380. The molecule has 0 saturated carbocycles. The number of aromatic nitrogens is 2. The maximum Gasteiger partial charge on any atom is 0.222 e. The number of pyridine rings is 1. The van der Waals surface area contributed by atoms with Crippen molar-refractivity contribution in [1.29, 1.82) is 0 Å². The standard InChI is InChI=1S/C26H32N4O3/c1-19-10-11-30-24(20(2)27-25(30)17-19)18-28-12-14-29(15-13-28)26(32)5-4-16-33-23-8-6-22(7-9-23)21(3)31/h6-11,17H,4-5,12-16,18H2,1-3H3. The Morgan fingerprint density at radius 3 is 2.45 bits per heavy atom. The molecule has 2 aromatic heterocycles. The van der Waals surface area contributed by atoms with E-state index in [-0.39, 0.29) is 11.7 Å². The van der Waals surface area contributed by atoms with Crippen LogP contribution in [0, 0.1) is 13.8 Å². The Balaban J connectivity index is 1.20. The summed E-state index contributed by atoms with van der Waals surface area (Å²) < 4.78 is 7.88. The number of piperazine rings is 1. The molecule has 0 spiro atoms. The van der Waals surface area contributed by atoms with Crippen LogP contribution in [0.1, 0.15) is 47.1 Å². The summed E-state index contributed by atoms with van der Waals surface area (Å²) in [6, 6.07) is 11.3. The van der Waals surface area contributed by atoms with Crippen LogP contribution in [-0.2, 0) is 11.3 Å². The van der Waals surface area contributed by atoms with E-state index in [9.17, 15) is 9.59 Å². The Morgan fingerprint density at radius 1 is 1.03 bits per heavy atom. The molecule has 0 aliphatic carbocycles. The lowest BCUT2D eigenvalue weighted by Gasteiger charge is -2.34. The minimum absolute atomic E-state index is 0.0380. The van der Waals surface area contributed by atoms with E-state index >= 15 is 0 Å². The smallest absolute Gasteiger partial charge is 0.222 e. The Labute approximate surface area is 195 Å². The van der Waals surface area contributed by atoms with Crippen LogP contribution < -0.4 is 4.74 Å². The lowest BCUT2D eigenvalue weighted by molar-refractivity contribution is -0.133. The van der Waals surface area contributed by atoms with E-state index in [4.69, 9.17) is 9.72 Å². The number of hydrogen-bond acceptors (Lipinski definition) is 5. The number of benzene rings is 1. The second kappa shape index (κ2) is 10.2. The van der Waals surface area contributed by atoms with Gasteiger partial charge in [-0.25, -0.2) is 4.98 Å². The molecule has 33 heavy (non-hydrogen) atoms. The van der Waals surface area contributed by atoms with E-state index in [0.717, 1.165) is 49.8 Å². The first kappa shape index (κ1) is 23.0. The molecule has 4 rings (SSSR count). The predicted octanol–water partition coefficient (Wildman–Crippen LogP) is 3.66. The highest BCUT2D eigenvalue weighted by molar-refractivity contribution is 5.94. The second-order valence-electron chi connectivity index (χ2n) is 8.77. The fraction of sp³-hybridized carbons (Fsp3) is 0.423. The topological polar surface area (TPSA) is 67.2 Å². The fourth-order valence-corrected chi connectivity index (χ4v) is 4.23. The van der Waals surface area contributed by atoms with Gasteiger partial charge in [0.1, 0.15) is 11.4 Å². The molecule has 174 valence electrons. The van der Waals surface area contributed by atoms with Crippen molar-refractivity contribution in [1.82, 2.24) is 19.2 Å². The molecular formula is C26H32N4O3. The summed E-state index contributed by atoms with van der Waals surface area (Å²) in [7, 11) is 0. The first-order valence-electron chi connectivity index (χ1n) is 11.6. The number of carbonyl (C=O) groups excluding carboxylic acids is 2. The van der Waals surface area contributed by atoms with Crippen molar-refractivity contribution in [2.24, 2.45) is 0 Å². The highest BCUT2D eigenvalue weighted by Gasteiger charge is 2.22. The number of aryl methyl sites for hydroxylation is 2. The van der Waals surface area contributed by atoms with Gasteiger partial charge in [-0.1, -0.05) is 0 Å². The molecule has 0 atom stereocenters. The maximum absolute atomic E-state index is 12.6. The molecule has 1 aromatic carbocycles. The van der Waals surface area contributed by atoms with Gasteiger partial charge in [-0.2, -0.15) is 0 Å². The summed E-state index contributed by atoms with van der Waals surface area (Å²) in [5.41, 5.74) is 5.16. The number of Topliss-reactive ketones (excluding diaryl/α,β-unsaturated/α-hetero) is 1. The lowest BCUT2D eigenvalue weighted by atomic mass is 10.1. The summed E-state index contributed by atoms with van der Waals surface area (Å²) in [5.74, 6) is 0.946. The van der Waals surface area contributed by atoms with Crippen LogP contribution in [0.25, 0.3) is 5.65 Å². The summed E-state index contributed by atoms with van der Waals surface area (Å²) in [6.45, 7) is 10.3. The Hall–Kier alpha value is -3.19. The van der Waals surface area contributed by atoms with Crippen LogP contribution in [0.2, 0.25) is 0 Å². The van der Waals surface area contributed by atoms with Gasteiger partial charge in [0.2, 0.25) is 5.91 Å². The van der Waals surface area contributed by atoms with Crippen LogP contribution in [-0.4, -0.2) is 63.7 Å². The number of fused-ring (bicyclic) bond motifs is 1. The van der Waals surface area contributed by atoms with E-state index < -0.39 is 0 Å². The van der Waals surface area contributed by atoms with Gasteiger partial charge in [0.05, 0.1) is 18.0 Å². The van der Waals surface area contributed by atoms with Crippen LogP contribution in [0.4, 0.5) is 0 Å². The van der Waals surface area contributed by atoms with E-state index in [1.54, 1.807) is 31.2 Å². The third kappa shape index (κ3) is 5.60. The van der Waals surface area contributed by atoms with Crippen molar-refractivity contribution >= 4 is 17.3 Å². The molecular weight excluding hydrogens is 416 g/mol. The maximum atomic E-state index is 12.6. The van der Waals surface area contributed by atoms with Crippen molar-refractivity contribution in [2.75, 3.05) is 32.8 Å². The number of carbonyl (C=O) groups is 2. The number of ether oxygens (including phenoxy) is 1. The number of rotatable bonds is 8. The number of hydrogen-bond donors (Lipinski definition) is 0. The van der Waals surface area contributed by atoms with E-state index in [2.05, 4.69) is 41.5 Å². The average molecular weight is 449 g/mol. The van der Waals surface area contributed by atoms with E-state index in [0.29, 0.717) is 25.0 Å². The lowest BCUT2D eigenvalue weighted by Crippen LogP contribution is -2.48. The molecule has 0 bridgehead atoms. The van der Waals surface area contributed by atoms with Gasteiger partial charge in [-0.3, -0.25) is 14.5 Å². The number of nitrogens with zero attached hydrogens (tertiary/aromatic N) is 4. The molecule has 1 saturated heterocycles. The molecule has 1 aliphatic rings. The molecule has 7 heteroatoms. The van der Waals surface area contributed by atoms with Crippen molar-refractivity contribution < 1.29 is 14.3 Å². The molecule has 0 radical (unpaired) electrons. The van der Waals surface area contributed by atoms with Crippen LogP contribution in [0.15, 0.2) is 42.6 Å². The van der Waals surface area contributed by atoms with Crippen LogP contribution in [0.3, 0.4) is 0 Å². The van der Waals surface area contributed by atoms with Crippen molar-refractivity contribution in [3.8, 4) is 5.75 Å². The van der Waals surface area contributed by atoms with Gasteiger partial charge >= 0.3 is 0 Å². The molecule has 3 heterocycles. The average Bonchev–Trinajstić information content (AvgIpc) is 3.11. The third-order valence-corrected chi connectivity index (χ3v) is 6.24. The second-order valence-corrected chi connectivity index (χ2v) is 8.77. The zero-order valence-corrected chi connectivity index (χ0v) is 19.7. The molecule has 1 aliphatic heterocycles. The SMILES string of the molecule is CC(=O)c1ccc(OCCCC(=O)N2CCN(Cc3c(C)nc4cc(C)ccn34)CC2)cc1. The zero-order valence-electron chi connectivity index (χ0n) is 19.7. The van der Waals surface area contributed by atoms with Gasteiger partial charge in [0, 0.05) is 50.9 Å². The summed E-state index contributed by atoms with van der Waals surface area (Å²) >= 11 is 0. The molecule has 7 nitrogen and oxygen atoms in total. The molecule has 1 amide bonds. The van der Waals surface area contributed by atoms with Crippen molar-refractivity contribution in [3.05, 3.63) is 65.1 Å².